The first-order valence-electron chi connectivity index (χ1n) is 15.2. The summed E-state index contributed by atoms with van der Waals surface area (Å²) >= 11 is 0. The van der Waals surface area contributed by atoms with E-state index in [9.17, 15) is 18.0 Å². The molecule has 240 valence electrons. The van der Waals surface area contributed by atoms with Crippen LogP contribution in [-0.4, -0.2) is 94.8 Å². The minimum absolute atomic E-state index is 0.0502. The number of carbonyl (C=O) groups is 1. The lowest BCUT2D eigenvalue weighted by atomic mass is 10.0. The lowest BCUT2D eigenvalue weighted by Crippen LogP contribution is -2.44. The number of aromatic nitrogens is 4. The number of likely N-dealkylation sites (N-methyl/N-ethyl adjacent to an activating group) is 1. The molecule has 3 aromatic heterocycles. The highest BCUT2D eigenvalue weighted by molar-refractivity contribution is 6.04. The Kier molecular flexibility index (Phi) is 9.21. The zero-order chi connectivity index (χ0) is 32.3. The van der Waals surface area contributed by atoms with Crippen LogP contribution in [0.2, 0.25) is 0 Å². The van der Waals surface area contributed by atoms with E-state index in [1.807, 2.05) is 31.1 Å². The average molecular weight is 633 g/mol. The van der Waals surface area contributed by atoms with Crippen LogP contribution in [0.5, 0.6) is 0 Å². The third-order valence-electron chi connectivity index (χ3n) is 8.45. The number of piperazine rings is 1. The maximum atomic E-state index is 14.0. The molecule has 0 spiro atoms. The molecule has 2 aliphatic rings. The summed E-state index contributed by atoms with van der Waals surface area (Å²) in [6, 6.07) is 9.62. The van der Waals surface area contributed by atoms with E-state index in [-0.39, 0.29) is 23.4 Å². The van der Waals surface area contributed by atoms with Crippen molar-refractivity contribution in [2.24, 2.45) is 0 Å². The monoisotopic (exact) mass is 632 g/mol. The Balaban J connectivity index is 1.17. The van der Waals surface area contributed by atoms with Crippen molar-refractivity contribution in [3.8, 4) is 11.8 Å². The van der Waals surface area contributed by atoms with Gasteiger partial charge in [0.2, 0.25) is 0 Å². The Labute approximate surface area is 265 Å². The first-order valence-corrected chi connectivity index (χ1v) is 15.2. The van der Waals surface area contributed by atoms with E-state index < -0.39 is 17.6 Å². The van der Waals surface area contributed by atoms with Crippen molar-refractivity contribution in [2.45, 2.75) is 31.6 Å². The molecule has 6 rings (SSSR count). The Hall–Kier alpha value is -4.51. The highest BCUT2D eigenvalue weighted by atomic mass is 19.4. The highest BCUT2D eigenvalue weighted by Crippen LogP contribution is 2.35. The van der Waals surface area contributed by atoms with Gasteiger partial charge in [0.15, 0.2) is 5.65 Å². The molecule has 2 fully saturated rings. The summed E-state index contributed by atoms with van der Waals surface area (Å²) in [4.78, 5) is 27.9. The van der Waals surface area contributed by atoms with Crippen molar-refractivity contribution in [2.75, 3.05) is 63.7 Å². The largest absolute Gasteiger partial charge is 0.416 e. The molecule has 1 N–H and O–H groups in total. The summed E-state index contributed by atoms with van der Waals surface area (Å²) < 4.78 is 49.2. The molecule has 4 aromatic rings. The molecule has 2 aliphatic heterocycles. The number of alkyl halides is 3. The van der Waals surface area contributed by atoms with Gasteiger partial charge in [-0.05, 0) is 61.7 Å². The van der Waals surface area contributed by atoms with Gasteiger partial charge in [-0.2, -0.15) is 13.2 Å². The molecular formula is C33H35F3N8O2. The number of rotatable bonds is 6. The second kappa shape index (κ2) is 13.5. The van der Waals surface area contributed by atoms with Crippen LogP contribution in [0, 0.1) is 11.8 Å². The van der Waals surface area contributed by atoms with Crippen LogP contribution >= 0.6 is 0 Å². The summed E-state index contributed by atoms with van der Waals surface area (Å²) in [7, 11) is 4.01. The van der Waals surface area contributed by atoms with E-state index in [4.69, 9.17) is 9.84 Å². The van der Waals surface area contributed by atoms with Gasteiger partial charge in [0.05, 0.1) is 17.3 Å². The van der Waals surface area contributed by atoms with E-state index in [0.29, 0.717) is 36.0 Å². The summed E-state index contributed by atoms with van der Waals surface area (Å²) in [6.07, 6.45) is 1.78. The maximum absolute atomic E-state index is 14.0. The van der Waals surface area contributed by atoms with Crippen LogP contribution in [-0.2, 0) is 17.5 Å². The van der Waals surface area contributed by atoms with Crippen molar-refractivity contribution < 1.29 is 22.7 Å². The number of halogens is 3. The number of hydrogen-bond acceptors (Lipinski definition) is 8. The van der Waals surface area contributed by atoms with Gasteiger partial charge in [-0.1, -0.05) is 12.0 Å². The van der Waals surface area contributed by atoms with Crippen LogP contribution in [0.3, 0.4) is 0 Å². The first kappa shape index (κ1) is 31.5. The Morgan fingerprint density at radius 1 is 1.04 bits per heavy atom. The molecule has 1 amide bonds. The number of hydrogen-bond donors (Lipinski definition) is 1. The van der Waals surface area contributed by atoms with Crippen LogP contribution < -0.4 is 10.2 Å². The second-order valence-electron chi connectivity index (χ2n) is 11.7. The molecule has 0 aliphatic carbocycles. The van der Waals surface area contributed by atoms with Gasteiger partial charge < -0.3 is 19.9 Å². The molecule has 0 atom stereocenters. The van der Waals surface area contributed by atoms with Crippen molar-refractivity contribution in [3.63, 3.8) is 0 Å². The van der Waals surface area contributed by atoms with Crippen LogP contribution in [0.1, 0.15) is 45.6 Å². The molecule has 10 nitrogen and oxygen atoms in total. The molecular weight excluding hydrogens is 597 g/mol. The second-order valence-corrected chi connectivity index (χ2v) is 11.7. The SMILES string of the molecule is CN1CCN(Cc2ccc(NC(=O)c3cncc(C#Cc4cnc5ccc(N(C)C6CCOCC6)nn45)c3)cc2C(F)(F)F)CC1. The van der Waals surface area contributed by atoms with Crippen molar-refractivity contribution >= 4 is 23.1 Å². The summed E-state index contributed by atoms with van der Waals surface area (Å²) in [6.45, 7) is 4.64. The number of amides is 1. The number of fused-ring (bicyclic) bond motifs is 1. The van der Waals surface area contributed by atoms with Gasteiger partial charge in [-0.15, -0.1) is 5.10 Å². The van der Waals surface area contributed by atoms with E-state index >= 15 is 0 Å². The topological polar surface area (TPSA) is 91.1 Å². The standard InChI is InChI=1S/C33H35F3N8O2/c1-41-11-13-43(14-12-41)22-24-4-5-26(18-29(24)33(34,35)36)39-32(45)25-17-23(19-37-20-25)3-6-28-21-38-30-7-8-31(40-44(28)30)42(2)27-9-15-46-16-10-27/h4-5,7-8,17-21,27H,9-16,22H2,1-2H3,(H,39,45). The van der Waals surface area contributed by atoms with Gasteiger partial charge in [0.1, 0.15) is 11.5 Å². The number of pyridine rings is 1. The smallest absolute Gasteiger partial charge is 0.381 e. The molecule has 0 radical (unpaired) electrons. The maximum Gasteiger partial charge on any atom is 0.416 e. The molecule has 0 bridgehead atoms. The molecule has 0 saturated carbocycles. The van der Waals surface area contributed by atoms with Crippen molar-refractivity contribution in [1.29, 1.82) is 0 Å². The summed E-state index contributed by atoms with van der Waals surface area (Å²) in [5, 5.41) is 7.34. The van der Waals surface area contributed by atoms with Crippen LogP contribution in [0.4, 0.5) is 24.7 Å². The average Bonchev–Trinajstić information content (AvgIpc) is 3.47. The van der Waals surface area contributed by atoms with E-state index in [1.54, 1.807) is 16.8 Å². The third kappa shape index (κ3) is 7.31. The minimum atomic E-state index is -4.56. The van der Waals surface area contributed by atoms with Gasteiger partial charge in [0, 0.05) is 82.7 Å². The van der Waals surface area contributed by atoms with Crippen LogP contribution in [0.15, 0.2) is 55.0 Å². The predicted octanol–water partition coefficient (Wildman–Crippen LogP) is 4.16. The van der Waals surface area contributed by atoms with E-state index in [0.717, 1.165) is 51.0 Å². The van der Waals surface area contributed by atoms with Gasteiger partial charge in [0.25, 0.3) is 5.91 Å². The quantitative estimate of drug-likeness (QED) is 0.317. The molecule has 2 saturated heterocycles. The van der Waals surface area contributed by atoms with Crippen molar-refractivity contribution in [3.05, 3.63) is 82.9 Å². The normalized spacial score (nSPS) is 16.6. The molecule has 1 aromatic carbocycles. The number of benzene rings is 1. The van der Waals surface area contributed by atoms with Gasteiger partial charge in [-0.25, -0.2) is 9.50 Å². The van der Waals surface area contributed by atoms with E-state index in [1.165, 1.54) is 24.5 Å². The summed E-state index contributed by atoms with van der Waals surface area (Å²) in [5.74, 6) is 6.27. The first-order chi connectivity index (χ1) is 22.1. The van der Waals surface area contributed by atoms with Gasteiger partial charge in [-0.3, -0.25) is 14.7 Å². The number of imidazole rings is 1. The molecule has 13 heteroatoms. The number of nitrogens with one attached hydrogen (secondary N) is 1. The highest BCUT2D eigenvalue weighted by Gasteiger charge is 2.34. The molecule has 5 heterocycles. The lowest BCUT2D eigenvalue weighted by molar-refractivity contribution is -0.138. The Morgan fingerprint density at radius 2 is 1.83 bits per heavy atom. The fraction of sp³-hybridized carbons (Fsp3) is 0.394. The van der Waals surface area contributed by atoms with Crippen molar-refractivity contribution in [1.82, 2.24) is 29.4 Å². The number of ether oxygens (including phenoxy) is 1. The molecule has 0 unspecified atom stereocenters. The third-order valence-corrected chi connectivity index (χ3v) is 8.45. The number of carbonyl (C=O) groups excluding carboxylic acids is 1. The minimum Gasteiger partial charge on any atom is -0.381 e. The summed E-state index contributed by atoms with van der Waals surface area (Å²) in [5.41, 5.74) is 1.30. The fourth-order valence-corrected chi connectivity index (χ4v) is 5.67. The van der Waals surface area contributed by atoms with E-state index in [2.05, 4.69) is 36.9 Å². The zero-order valence-corrected chi connectivity index (χ0v) is 25.7. The van der Waals surface area contributed by atoms with Crippen LogP contribution in [0.25, 0.3) is 5.65 Å². The van der Waals surface area contributed by atoms with Gasteiger partial charge >= 0.3 is 6.18 Å². The predicted molar refractivity (Wildman–Crippen MR) is 168 cm³/mol. The molecule has 46 heavy (non-hydrogen) atoms. The number of nitrogens with zero attached hydrogens (tertiary/aromatic N) is 7. The zero-order valence-electron chi connectivity index (χ0n) is 25.7. The number of anilines is 2. The fourth-order valence-electron chi connectivity index (χ4n) is 5.67. The lowest BCUT2D eigenvalue weighted by Gasteiger charge is -2.33. The Bertz CT molecular complexity index is 1770. The Morgan fingerprint density at radius 3 is 2.59 bits per heavy atom.